The quantitative estimate of drug-likeness (QED) is 0.214. The number of hydrogen-bond acceptors (Lipinski definition) is 2. The van der Waals surface area contributed by atoms with E-state index < -0.39 is 0 Å². The van der Waals surface area contributed by atoms with Crippen LogP contribution in [-0.2, 0) is 13.0 Å². The van der Waals surface area contributed by atoms with Crippen molar-refractivity contribution in [2.75, 3.05) is 0 Å². The molecule has 0 saturated carbocycles. The van der Waals surface area contributed by atoms with Gasteiger partial charge >= 0.3 is 0 Å². The lowest BCUT2D eigenvalue weighted by atomic mass is 10.1. The molecule has 3 nitrogen and oxygen atoms in total. The van der Waals surface area contributed by atoms with Crippen molar-refractivity contribution in [2.24, 2.45) is 0 Å². The second-order valence-corrected chi connectivity index (χ2v) is 4.70. The van der Waals surface area contributed by atoms with E-state index in [0.717, 1.165) is 24.8 Å². The first-order chi connectivity index (χ1) is 9.79. The average molecular weight is 394 g/mol. The molecule has 0 atom stereocenters. The first-order valence-corrected chi connectivity index (χ1v) is 6.82. The fourth-order valence-electron chi connectivity index (χ4n) is 2.02. The molecule has 0 aliphatic rings. The lowest BCUT2D eigenvalue weighted by molar-refractivity contribution is -0.683. The van der Waals surface area contributed by atoms with Gasteiger partial charge < -0.3 is 24.0 Å². The van der Waals surface area contributed by atoms with Crippen molar-refractivity contribution in [3.8, 4) is 0 Å². The minimum absolute atomic E-state index is 0. The number of Topliss-reactive ketones (excluding diaryl/α,β-unsaturated/α-hetero) is 1. The summed E-state index contributed by atoms with van der Waals surface area (Å²) in [6.45, 7) is 4.04. The van der Waals surface area contributed by atoms with Gasteiger partial charge in [0.15, 0.2) is 12.4 Å². The van der Waals surface area contributed by atoms with Crippen LogP contribution in [0.3, 0.4) is 0 Å². The Bertz CT molecular complexity index is 584. The summed E-state index contributed by atoms with van der Waals surface area (Å²) in [5.41, 5.74) is 1.70. The minimum atomic E-state index is 0. The molecule has 0 bridgehead atoms. The normalized spacial score (nSPS) is 9.71. The monoisotopic (exact) mass is 394 g/mol. The lowest BCUT2D eigenvalue weighted by Gasteiger charge is -2.02. The van der Waals surface area contributed by atoms with Gasteiger partial charge in [0.05, 0.1) is 0 Å². The van der Waals surface area contributed by atoms with Crippen LogP contribution in [0.1, 0.15) is 28.9 Å². The average Bonchev–Trinajstić information content (AvgIpc) is 2.49. The number of aromatic nitrogens is 2. The van der Waals surface area contributed by atoms with Gasteiger partial charge in [0, 0.05) is 18.3 Å². The lowest BCUT2D eigenvalue weighted by Crippen LogP contribution is -3.00. The van der Waals surface area contributed by atoms with Crippen LogP contribution in [0.15, 0.2) is 61.6 Å². The molecule has 2 aromatic rings. The molecule has 0 unspecified atom stereocenters. The van der Waals surface area contributed by atoms with E-state index in [1.165, 1.54) is 0 Å². The fraction of sp³-hybridized carbons (Fsp3) is 0.235. The van der Waals surface area contributed by atoms with Gasteiger partial charge in [-0.15, -0.1) is 6.58 Å². The molecular weight excluding hydrogens is 375 g/mol. The summed E-state index contributed by atoms with van der Waals surface area (Å²) in [4.78, 5) is 16.4. The molecule has 0 N–H and O–H groups in total. The van der Waals surface area contributed by atoms with E-state index in [0.29, 0.717) is 12.2 Å². The zero-order valence-corrected chi connectivity index (χ0v) is 14.1. The van der Waals surface area contributed by atoms with Crippen LogP contribution in [0.5, 0.6) is 0 Å². The number of hydrogen-bond donors (Lipinski definition) is 0. The van der Waals surface area contributed by atoms with Crippen molar-refractivity contribution in [3.63, 3.8) is 0 Å². The number of aryl methyl sites for hydroxylation is 1. The van der Waals surface area contributed by atoms with Crippen molar-refractivity contribution < 1.29 is 33.3 Å². The molecule has 0 saturated heterocycles. The third kappa shape index (κ3) is 5.75. The smallest absolute Gasteiger partial charge is 0.245 e. The van der Waals surface area contributed by atoms with Crippen LogP contribution in [0.25, 0.3) is 0 Å². The second-order valence-electron chi connectivity index (χ2n) is 4.70. The van der Waals surface area contributed by atoms with Crippen LogP contribution in [0.2, 0.25) is 0 Å². The molecule has 0 aromatic carbocycles. The van der Waals surface area contributed by atoms with E-state index in [-0.39, 0.29) is 29.8 Å². The number of ketones is 1. The summed E-state index contributed by atoms with van der Waals surface area (Å²) in [5, 5.41) is 0. The SMILES string of the molecule is C=CCCCc1ccnc(C(=O)C[n+]2ccccc2)c1.[I-]. The van der Waals surface area contributed by atoms with E-state index in [1.54, 1.807) is 6.20 Å². The standard InChI is InChI=1S/C17H19N2O.HI/c1-2-3-5-8-15-9-10-18-16(13-15)17(20)14-19-11-6-4-7-12-19;/h2,4,6-7,9-13H,1,3,5,8,14H2;1H/q+1;/p-1. The first-order valence-electron chi connectivity index (χ1n) is 6.82. The number of rotatable bonds is 7. The van der Waals surface area contributed by atoms with E-state index in [9.17, 15) is 4.79 Å². The summed E-state index contributed by atoms with van der Waals surface area (Å²) in [6.07, 6.45) is 10.4. The van der Waals surface area contributed by atoms with Gasteiger partial charge in [-0.3, -0.25) is 9.78 Å². The Balaban J connectivity index is 0.00000220. The van der Waals surface area contributed by atoms with Gasteiger partial charge in [-0.05, 0) is 37.0 Å². The van der Waals surface area contributed by atoms with Crippen LogP contribution < -0.4 is 28.5 Å². The van der Waals surface area contributed by atoms with Gasteiger partial charge in [-0.2, -0.15) is 4.57 Å². The maximum absolute atomic E-state index is 12.2. The summed E-state index contributed by atoms with van der Waals surface area (Å²) in [6, 6.07) is 9.61. The molecule has 0 fully saturated rings. The Morgan fingerprint density at radius 3 is 2.76 bits per heavy atom. The molecule has 2 heterocycles. The van der Waals surface area contributed by atoms with Crippen molar-refractivity contribution >= 4 is 5.78 Å². The summed E-state index contributed by atoms with van der Waals surface area (Å²) < 4.78 is 1.86. The summed E-state index contributed by atoms with van der Waals surface area (Å²) in [7, 11) is 0. The van der Waals surface area contributed by atoms with Crippen LogP contribution in [0, 0.1) is 0 Å². The highest BCUT2D eigenvalue weighted by molar-refractivity contribution is 5.93. The first kappa shape index (κ1) is 17.5. The molecule has 0 aliphatic heterocycles. The number of allylic oxidation sites excluding steroid dienone is 1. The Hall–Kier alpha value is -1.56. The molecule has 110 valence electrons. The van der Waals surface area contributed by atoms with E-state index in [2.05, 4.69) is 11.6 Å². The number of carbonyl (C=O) groups is 1. The predicted octanol–water partition coefficient (Wildman–Crippen LogP) is -0.235. The Morgan fingerprint density at radius 1 is 1.29 bits per heavy atom. The highest BCUT2D eigenvalue weighted by Gasteiger charge is 2.13. The van der Waals surface area contributed by atoms with Crippen LogP contribution in [0.4, 0.5) is 0 Å². The molecule has 0 amide bonds. The van der Waals surface area contributed by atoms with Gasteiger partial charge in [0.1, 0.15) is 5.69 Å². The Kier molecular flexibility index (Phi) is 7.82. The van der Waals surface area contributed by atoms with Gasteiger partial charge in [0.2, 0.25) is 12.3 Å². The molecule has 0 radical (unpaired) electrons. The fourth-order valence-corrected chi connectivity index (χ4v) is 2.02. The van der Waals surface area contributed by atoms with Crippen molar-refractivity contribution in [1.29, 1.82) is 0 Å². The van der Waals surface area contributed by atoms with Gasteiger partial charge in [0.25, 0.3) is 0 Å². The summed E-state index contributed by atoms with van der Waals surface area (Å²) in [5.74, 6) is 0.0340. The summed E-state index contributed by atoms with van der Waals surface area (Å²) >= 11 is 0. The number of pyridine rings is 2. The predicted molar refractivity (Wildman–Crippen MR) is 78.3 cm³/mol. The molecule has 0 spiro atoms. The Labute approximate surface area is 142 Å². The van der Waals surface area contributed by atoms with Crippen molar-refractivity contribution in [2.45, 2.75) is 25.8 Å². The third-order valence-electron chi connectivity index (χ3n) is 3.09. The topological polar surface area (TPSA) is 33.8 Å². The van der Waals surface area contributed by atoms with Crippen LogP contribution >= 0.6 is 0 Å². The number of halogens is 1. The van der Waals surface area contributed by atoms with Crippen molar-refractivity contribution in [3.05, 3.63) is 72.8 Å². The van der Waals surface area contributed by atoms with Gasteiger partial charge in [-0.1, -0.05) is 12.1 Å². The molecule has 2 aromatic heterocycles. The Morgan fingerprint density at radius 2 is 2.05 bits per heavy atom. The molecule has 2 rings (SSSR count). The third-order valence-corrected chi connectivity index (χ3v) is 3.09. The van der Waals surface area contributed by atoms with Crippen molar-refractivity contribution in [1.82, 2.24) is 4.98 Å². The van der Waals surface area contributed by atoms with E-state index in [1.807, 2.05) is 53.4 Å². The van der Waals surface area contributed by atoms with Crippen LogP contribution in [-0.4, -0.2) is 10.8 Å². The second kappa shape index (κ2) is 9.39. The highest BCUT2D eigenvalue weighted by Crippen LogP contribution is 2.07. The number of nitrogens with zero attached hydrogens (tertiary/aromatic N) is 2. The number of unbranched alkanes of at least 4 members (excludes halogenated alkanes) is 1. The zero-order chi connectivity index (χ0) is 14.2. The molecule has 21 heavy (non-hydrogen) atoms. The number of carbonyl (C=O) groups excluding carboxylic acids is 1. The van der Waals surface area contributed by atoms with E-state index in [4.69, 9.17) is 0 Å². The highest BCUT2D eigenvalue weighted by atomic mass is 127. The molecule has 4 heteroatoms. The largest absolute Gasteiger partial charge is 1.00 e. The van der Waals surface area contributed by atoms with Gasteiger partial charge in [-0.25, -0.2) is 0 Å². The zero-order valence-electron chi connectivity index (χ0n) is 11.9. The maximum atomic E-state index is 12.2. The molecular formula is C17H19IN2O. The maximum Gasteiger partial charge on any atom is 0.245 e. The van der Waals surface area contributed by atoms with E-state index >= 15 is 0 Å². The molecule has 0 aliphatic carbocycles. The minimum Gasteiger partial charge on any atom is -1.00 e.